The van der Waals surface area contributed by atoms with Crippen molar-refractivity contribution < 1.29 is 24.6 Å². The van der Waals surface area contributed by atoms with Gasteiger partial charge in [-0.05, 0) is 24.7 Å². The van der Waals surface area contributed by atoms with Crippen molar-refractivity contribution >= 4 is 46.9 Å². The van der Waals surface area contributed by atoms with E-state index >= 15 is 0 Å². The number of aromatic hydroxyl groups is 1. The third kappa shape index (κ3) is 3.04. The third-order valence-corrected chi connectivity index (χ3v) is 5.32. The zero-order valence-corrected chi connectivity index (χ0v) is 14.8. The first-order valence-electron chi connectivity index (χ1n) is 7.49. The number of hydrogen-bond donors (Lipinski definition) is 3. The minimum Gasteiger partial charge on any atom is -0.493 e. The predicted molar refractivity (Wildman–Crippen MR) is 94.6 cm³/mol. The number of aromatic nitrogens is 1. The SMILES string of the molecule is NC(=O)CCC(C(=O)O)n1c(O)c(C2=c3ccccc3=NC2=O)sc1=S. The van der Waals surface area contributed by atoms with E-state index in [9.17, 15) is 24.6 Å². The molecule has 0 bridgehead atoms. The number of rotatable bonds is 6. The Morgan fingerprint density at radius 2 is 2.04 bits per heavy atom. The fraction of sp³-hybridized carbons (Fsp3) is 0.188. The van der Waals surface area contributed by atoms with E-state index in [1.54, 1.807) is 24.3 Å². The Bertz CT molecular complexity index is 1120. The van der Waals surface area contributed by atoms with Crippen LogP contribution in [-0.4, -0.2) is 32.6 Å². The van der Waals surface area contributed by atoms with Gasteiger partial charge < -0.3 is 15.9 Å². The summed E-state index contributed by atoms with van der Waals surface area (Å²) < 4.78 is 1.10. The van der Waals surface area contributed by atoms with Crippen molar-refractivity contribution in [2.45, 2.75) is 18.9 Å². The molecule has 1 aliphatic rings. The summed E-state index contributed by atoms with van der Waals surface area (Å²) in [5, 5.41) is 21.1. The second kappa shape index (κ2) is 6.81. The third-order valence-electron chi connectivity index (χ3n) is 3.91. The van der Waals surface area contributed by atoms with Gasteiger partial charge in [0.15, 0.2) is 3.95 Å². The van der Waals surface area contributed by atoms with Crippen molar-refractivity contribution in [3.63, 3.8) is 0 Å². The molecule has 26 heavy (non-hydrogen) atoms. The Morgan fingerprint density at radius 3 is 2.69 bits per heavy atom. The maximum absolute atomic E-state index is 12.3. The van der Waals surface area contributed by atoms with Crippen molar-refractivity contribution in [3.05, 3.63) is 43.7 Å². The van der Waals surface area contributed by atoms with Crippen molar-refractivity contribution in [1.82, 2.24) is 4.57 Å². The number of nitrogens with two attached hydrogens (primary N) is 1. The Kier molecular flexibility index (Phi) is 4.70. The highest BCUT2D eigenvalue weighted by molar-refractivity contribution is 7.73. The number of nitrogens with zero attached hydrogens (tertiary/aromatic N) is 2. The highest BCUT2D eigenvalue weighted by atomic mass is 32.1. The number of benzene rings is 1. The number of amides is 2. The second-order valence-corrected chi connectivity index (χ2v) is 7.20. The molecule has 1 unspecified atom stereocenters. The molecule has 0 radical (unpaired) electrons. The molecule has 1 aromatic carbocycles. The van der Waals surface area contributed by atoms with Crippen LogP contribution in [0.25, 0.3) is 5.57 Å². The number of hydrogen-bond acceptors (Lipinski definition) is 6. The summed E-state index contributed by atoms with van der Waals surface area (Å²) >= 11 is 6.11. The van der Waals surface area contributed by atoms with E-state index in [0.29, 0.717) is 10.6 Å². The van der Waals surface area contributed by atoms with Crippen LogP contribution in [-0.2, 0) is 14.4 Å². The van der Waals surface area contributed by atoms with E-state index in [1.165, 1.54) is 0 Å². The summed E-state index contributed by atoms with van der Waals surface area (Å²) in [4.78, 5) is 39.0. The molecule has 10 heteroatoms. The zero-order valence-electron chi connectivity index (χ0n) is 13.2. The molecule has 0 fully saturated rings. The highest BCUT2D eigenvalue weighted by Crippen LogP contribution is 2.36. The Balaban J connectivity index is 2.17. The van der Waals surface area contributed by atoms with Gasteiger partial charge in [-0.1, -0.05) is 18.2 Å². The summed E-state index contributed by atoms with van der Waals surface area (Å²) in [6.07, 6.45) is -0.315. The van der Waals surface area contributed by atoms with Gasteiger partial charge in [-0.25, -0.2) is 9.79 Å². The van der Waals surface area contributed by atoms with Crippen LogP contribution in [0.2, 0.25) is 0 Å². The lowest BCUT2D eigenvalue weighted by atomic mass is 10.1. The summed E-state index contributed by atoms with van der Waals surface area (Å²) in [6.45, 7) is 0. The van der Waals surface area contributed by atoms with Gasteiger partial charge in [0.1, 0.15) is 10.9 Å². The number of aliphatic carboxylic acids is 1. The fourth-order valence-corrected chi connectivity index (χ4v) is 4.18. The molecule has 0 saturated heterocycles. The molecule has 3 rings (SSSR count). The molecule has 8 nitrogen and oxygen atoms in total. The van der Waals surface area contributed by atoms with Gasteiger partial charge in [0.2, 0.25) is 11.8 Å². The molecule has 2 aromatic rings. The Hall–Kier alpha value is -2.85. The number of carbonyl (C=O) groups excluding carboxylic acids is 2. The van der Waals surface area contributed by atoms with E-state index < -0.39 is 29.7 Å². The molecule has 1 aromatic heterocycles. The maximum Gasteiger partial charge on any atom is 0.326 e. The summed E-state index contributed by atoms with van der Waals surface area (Å²) in [7, 11) is 0. The maximum atomic E-state index is 12.3. The van der Waals surface area contributed by atoms with Crippen LogP contribution in [0.1, 0.15) is 23.8 Å². The quantitative estimate of drug-likeness (QED) is 0.604. The van der Waals surface area contributed by atoms with Crippen LogP contribution >= 0.6 is 23.6 Å². The molecular formula is C16H13N3O5S2. The lowest BCUT2D eigenvalue weighted by Crippen LogP contribution is -2.23. The van der Waals surface area contributed by atoms with Crippen molar-refractivity contribution in [3.8, 4) is 5.88 Å². The van der Waals surface area contributed by atoms with Crippen LogP contribution in [0.4, 0.5) is 0 Å². The van der Waals surface area contributed by atoms with E-state index in [4.69, 9.17) is 18.0 Å². The minimum atomic E-state index is -1.27. The smallest absolute Gasteiger partial charge is 0.326 e. The number of fused-ring (bicyclic) bond motifs is 1. The fourth-order valence-electron chi connectivity index (χ4n) is 2.74. The van der Waals surface area contributed by atoms with Crippen molar-refractivity contribution in [1.29, 1.82) is 0 Å². The van der Waals surface area contributed by atoms with Crippen LogP contribution in [0, 0.1) is 3.95 Å². The van der Waals surface area contributed by atoms with E-state index in [2.05, 4.69) is 4.99 Å². The van der Waals surface area contributed by atoms with Gasteiger partial charge in [-0.3, -0.25) is 14.2 Å². The first kappa shape index (κ1) is 18.0. The van der Waals surface area contributed by atoms with Crippen molar-refractivity contribution in [2.24, 2.45) is 10.7 Å². The number of carboxylic acid groups (broad SMARTS) is 1. The average molecular weight is 391 g/mol. The van der Waals surface area contributed by atoms with E-state index in [1.807, 2.05) is 0 Å². The molecule has 0 spiro atoms. The topological polar surface area (TPSA) is 135 Å². The van der Waals surface area contributed by atoms with Crippen molar-refractivity contribution in [2.75, 3.05) is 0 Å². The molecule has 0 aliphatic carbocycles. The van der Waals surface area contributed by atoms with Gasteiger partial charge in [-0.2, -0.15) is 0 Å². The van der Waals surface area contributed by atoms with Gasteiger partial charge in [0.05, 0.1) is 10.9 Å². The van der Waals surface area contributed by atoms with E-state index in [0.717, 1.165) is 15.9 Å². The summed E-state index contributed by atoms with van der Waals surface area (Å²) in [5.74, 6) is -2.90. The average Bonchev–Trinajstić information content (AvgIpc) is 3.04. The second-order valence-electron chi connectivity index (χ2n) is 5.56. The molecule has 134 valence electrons. The molecule has 1 atom stereocenters. The monoisotopic (exact) mass is 391 g/mol. The molecule has 2 amide bonds. The normalized spacial score (nSPS) is 14.0. The summed E-state index contributed by atoms with van der Waals surface area (Å²) in [6, 6.07) is 5.54. The summed E-state index contributed by atoms with van der Waals surface area (Å²) in [5.41, 5.74) is 5.26. The number of para-hydroxylation sites is 1. The standard InChI is InChI=1S/C16H13N3O5S2/c17-10(20)6-5-9(15(23)24)19-14(22)12(26-16(19)25)11-7-3-1-2-4-8(7)18-13(11)21/h1-4,9,22H,5-6H2,(H2,17,20)(H,23,24). The molecule has 2 heterocycles. The first-order chi connectivity index (χ1) is 12.3. The first-order valence-corrected chi connectivity index (χ1v) is 8.72. The molecule has 0 saturated carbocycles. The van der Waals surface area contributed by atoms with Crippen LogP contribution in [0.15, 0.2) is 29.3 Å². The van der Waals surface area contributed by atoms with Gasteiger partial charge >= 0.3 is 5.97 Å². The van der Waals surface area contributed by atoms with Crippen LogP contribution < -0.4 is 16.3 Å². The lowest BCUT2D eigenvalue weighted by Gasteiger charge is -2.14. The minimum absolute atomic E-state index is 0.0686. The Labute approximate surface area is 155 Å². The van der Waals surface area contributed by atoms with E-state index in [-0.39, 0.29) is 27.2 Å². The highest BCUT2D eigenvalue weighted by Gasteiger charge is 2.30. The number of carbonyl (C=O) groups is 3. The largest absolute Gasteiger partial charge is 0.493 e. The number of carboxylic acids is 1. The number of primary amides is 1. The lowest BCUT2D eigenvalue weighted by molar-refractivity contribution is -0.141. The molecular weight excluding hydrogens is 378 g/mol. The van der Waals surface area contributed by atoms with Crippen LogP contribution in [0.3, 0.4) is 0 Å². The van der Waals surface area contributed by atoms with Gasteiger partial charge in [-0.15, -0.1) is 11.3 Å². The van der Waals surface area contributed by atoms with Crippen LogP contribution in [0.5, 0.6) is 5.88 Å². The van der Waals surface area contributed by atoms with Gasteiger partial charge in [0, 0.05) is 11.6 Å². The zero-order chi connectivity index (χ0) is 19.0. The predicted octanol–water partition coefficient (Wildman–Crippen LogP) is 0.235. The molecule has 1 aliphatic heterocycles. The van der Waals surface area contributed by atoms with Gasteiger partial charge in [0.25, 0.3) is 5.91 Å². The number of thiazole rings is 1. The Morgan fingerprint density at radius 1 is 1.35 bits per heavy atom. The molecule has 4 N–H and O–H groups in total.